The number of nitrogens with zero attached hydrogens (tertiary/aromatic N) is 1. The molecule has 94 valence electrons. The first-order chi connectivity index (χ1) is 7.67. The summed E-state index contributed by atoms with van der Waals surface area (Å²) < 4.78 is 1.09. The maximum absolute atomic E-state index is 3.50. The van der Waals surface area contributed by atoms with Gasteiger partial charge in [-0.15, -0.1) is 0 Å². The number of benzene rings is 1. The van der Waals surface area contributed by atoms with Gasteiger partial charge in [0, 0.05) is 5.52 Å². The number of hydrogen-bond donors (Lipinski definition) is 1. The molecule has 2 nitrogen and oxygen atoms in total. The molecule has 0 amide bonds. The first-order valence-corrected chi connectivity index (χ1v) is 6.07. The van der Waals surface area contributed by atoms with Crippen LogP contribution in [0.3, 0.4) is 0 Å². The molecule has 0 bridgehead atoms. The Morgan fingerprint density at radius 3 is 2.35 bits per heavy atom. The normalized spacial score (nSPS) is 11.5. The van der Waals surface area contributed by atoms with Crippen LogP contribution in [0.4, 0.5) is 0 Å². The van der Waals surface area contributed by atoms with Gasteiger partial charge in [-0.3, -0.25) is 0 Å². The lowest BCUT2D eigenvalue weighted by Gasteiger charge is -2.31. The van der Waals surface area contributed by atoms with Crippen molar-refractivity contribution in [1.82, 2.24) is 4.98 Å². The van der Waals surface area contributed by atoms with Crippen LogP contribution in [0.2, 0.25) is 0 Å². The summed E-state index contributed by atoms with van der Waals surface area (Å²) in [7, 11) is 2.31. The molecule has 0 aliphatic carbocycles. The fraction of sp³-hybridized carbons (Fsp3) is 0.429. The van der Waals surface area contributed by atoms with Gasteiger partial charge in [-0.1, -0.05) is 18.2 Å². The molecule has 1 aromatic heterocycles. The Morgan fingerprint density at radius 1 is 1.12 bits per heavy atom. The van der Waals surface area contributed by atoms with Crippen LogP contribution >= 0.6 is 0 Å². The van der Waals surface area contributed by atoms with E-state index in [1.807, 2.05) is 0 Å². The molecule has 2 aromatic rings. The van der Waals surface area contributed by atoms with Gasteiger partial charge in [-0.05, 0) is 31.4 Å². The fourth-order valence-electron chi connectivity index (χ4n) is 2.08. The van der Waals surface area contributed by atoms with E-state index in [4.69, 9.17) is 0 Å². The third-order valence-corrected chi connectivity index (χ3v) is 3.66. The number of H-pyrrole nitrogens is 1. The van der Waals surface area contributed by atoms with E-state index in [2.05, 4.69) is 56.2 Å². The SMILES string of the molecule is CC[N+](C)(CC)Cc1cc2ccccc2[nH]1.[I-]. The average Bonchev–Trinajstić information content (AvgIpc) is 2.70. The zero-order valence-electron chi connectivity index (χ0n) is 10.8. The Hall–Kier alpha value is -0.550. The lowest BCUT2D eigenvalue weighted by Crippen LogP contribution is -3.00. The summed E-state index contributed by atoms with van der Waals surface area (Å²) in [5, 5.41) is 1.32. The minimum absolute atomic E-state index is 0. The van der Waals surface area contributed by atoms with Crippen LogP contribution in [0.1, 0.15) is 19.5 Å². The third kappa shape index (κ3) is 3.22. The molecule has 3 heteroatoms. The van der Waals surface area contributed by atoms with Gasteiger partial charge in [0.2, 0.25) is 0 Å². The third-order valence-electron chi connectivity index (χ3n) is 3.66. The van der Waals surface area contributed by atoms with Crippen LogP contribution < -0.4 is 24.0 Å². The summed E-state index contributed by atoms with van der Waals surface area (Å²) >= 11 is 0. The van der Waals surface area contributed by atoms with Gasteiger partial charge >= 0.3 is 0 Å². The number of nitrogens with one attached hydrogen (secondary N) is 1. The van der Waals surface area contributed by atoms with Crippen LogP contribution in [0.5, 0.6) is 0 Å². The molecule has 2 rings (SSSR count). The number of fused-ring (bicyclic) bond motifs is 1. The van der Waals surface area contributed by atoms with Crippen molar-refractivity contribution in [2.75, 3.05) is 20.1 Å². The number of aromatic amines is 1. The highest BCUT2D eigenvalue weighted by Crippen LogP contribution is 2.18. The second-order valence-electron chi connectivity index (χ2n) is 4.79. The van der Waals surface area contributed by atoms with E-state index in [0.717, 1.165) is 11.0 Å². The number of quaternary nitrogens is 1. The average molecular weight is 344 g/mol. The minimum Gasteiger partial charge on any atom is -1.00 e. The van der Waals surface area contributed by atoms with Gasteiger partial charge in [0.05, 0.1) is 25.8 Å². The van der Waals surface area contributed by atoms with Crippen molar-refractivity contribution in [3.8, 4) is 0 Å². The fourth-order valence-corrected chi connectivity index (χ4v) is 2.08. The topological polar surface area (TPSA) is 15.8 Å². The van der Waals surface area contributed by atoms with Gasteiger partial charge in [0.1, 0.15) is 6.54 Å². The molecule has 0 atom stereocenters. The Kier molecular flexibility index (Phi) is 5.01. The van der Waals surface area contributed by atoms with Gasteiger partial charge < -0.3 is 33.4 Å². The maximum Gasteiger partial charge on any atom is 0.119 e. The molecule has 0 saturated carbocycles. The maximum atomic E-state index is 3.50. The molecule has 0 spiro atoms. The molecule has 0 aliphatic heterocycles. The predicted molar refractivity (Wildman–Crippen MR) is 69.3 cm³/mol. The van der Waals surface area contributed by atoms with Crippen molar-refractivity contribution < 1.29 is 28.5 Å². The number of rotatable bonds is 4. The summed E-state index contributed by atoms with van der Waals surface area (Å²) in [6.45, 7) is 7.94. The number of hydrogen-bond acceptors (Lipinski definition) is 0. The van der Waals surface area contributed by atoms with Crippen molar-refractivity contribution in [3.63, 3.8) is 0 Å². The Morgan fingerprint density at radius 2 is 1.76 bits per heavy atom. The smallest absolute Gasteiger partial charge is 0.119 e. The van der Waals surface area contributed by atoms with Crippen molar-refractivity contribution in [2.24, 2.45) is 0 Å². The first kappa shape index (κ1) is 14.5. The van der Waals surface area contributed by atoms with Crippen LogP contribution in [-0.4, -0.2) is 29.6 Å². The lowest BCUT2D eigenvalue weighted by atomic mass is 10.2. The summed E-state index contributed by atoms with van der Waals surface area (Å²) in [6.07, 6.45) is 0. The standard InChI is InChI=1S/C14H21N2.HI/c1-4-16(3,5-2)11-13-10-12-8-6-7-9-14(12)15-13;/h6-10,15H,4-5,11H2,1-3H3;1H/q+1;/p-1. The van der Waals surface area contributed by atoms with E-state index in [1.165, 1.54) is 29.7 Å². The molecular weight excluding hydrogens is 323 g/mol. The molecule has 17 heavy (non-hydrogen) atoms. The quantitative estimate of drug-likeness (QED) is 0.601. The summed E-state index contributed by atoms with van der Waals surface area (Å²) in [6, 6.07) is 10.7. The van der Waals surface area contributed by atoms with Gasteiger partial charge in [0.25, 0.3) is 0 Å². The van der Waals surface area contributed by atoms with E-state index in [1.54, 1.807) is 0 Å². The number of para-hydroxylation sites is 1. The first-order valence-electron chi connectivity index (χ1n) is 6.07. The highest BCUT2D eigenvalue weighted by Gasteiger charge is 2.18. The molecule has 0 fully saturated rings. The van der Waals surface area contributed by atoms with E-state index < -0.39 is 0 Å². The van der Waals surface area contributed by atoms with Gasteiger partial charge in [-0.25, -0.2) is 0 Å². The van der Waals surface area contributed by atoms with Crippen molar-refractivity contribution >= 4 is 10.9 Å². The summed E-state index contributed by atoms with van der Waals surface area (Å²) in [5.41, 5.74) is 2.59. The van der Waals surface area contributed by atoms with E-state index in [9.17, 15) is 0 Å². The van der Waals surface area contributed by atoms with Crippen molar-refractivity contribution in [1.29, 1.82) is 0 Å². The van der Waals surface area contributed by atoms with Gasteiger partial charge in [-0.2, -0.15) is 0 Å². The molecule has 0 unspecified atom stereocenters. The molecule has 0 aliphatic rings. The van der Waals surface area contributed by atoms with Crippen LogP contribution in [-0.2, 0) is 6.54 Å². The second-order valence-corrected chi connectivity index (χ2v) is 4.79. The number of aromatic nitrogens is 1. The lowest BCUT2D eigenvalue weighted by molar-refractivity contribution is -0.919. The van der Waals surface area contributed by atoms with E-state index in [-0.39, 0.29) is 24.0 Å². The highest BCUT2D eigenvalue weighted by atomic mass is 127. The Labute approximate surface area is 121 Å². The molecule has 1 heterocycles. The molecule has 1 N–H and O–H groups in total. The van der Waals surface area contributed by atoms with Crippen molar-refractivity contribution in [2.45, 2.75) is 20.4 Å². The highest BCUT2D eigenvalue weighted by molar-refractivity contribution is 5.80. The molecule has 0 radical (unpaired) electrons. The van der Waals surface area contributed by atoms with E-state index >= 15 is 0 Å². The zero-order valence-corrected chi connectivity index (χ0v) is 13.0. The Balaban J connectivity index is 0.00000144. The second kappa shape index (κ2) is 5.87. The predicted octanol–water partition coefficient (Wildman–Crippen LogP) is 0.158. The molecular formula is C14H21IN2. The van der Waals surface area contributed by atoms with Crippen LogP contribution in [0.15, 0.2) is 30.3 Å². The number of halogens is 1. The van der Waals surface area contributed by atoms with Gasteiger partial charge in [0.15, 0.2) is 0 Å². The van der Waals surface area contributed by atoms with Crippen LogP contribution in [0.25, 0.3) is 10.9 Å². The molecule has 0 saturated heterocycles. The summed E-state index contributed by atoms with van der Waals surface area (Å²) in [5.74, 6) is 0. The van der Waals surface area contributed by atoms with Crippen LogP contribution in [0, 0.1) is 0 Å². The van der Waals surface area contributed by atoms with Crippen molar-refractivity contribution in [3.05, 3.63) is 36.0 Å². The largest absolute Gasteiger partial charge is 1.00 e. The summed E-state index contributed by atoms with van der Waals surface area (Å²) in [4.78, 5) is 3.50. The zero-order chi connectivity index (χ0) is 11.6. The van der Waals surface area contributed by atoms with E-state index in [0.29, 0.717) is 0 Å². The Bertz CT molecular complexity index is 439. The monoisotopic (exact) mass is 344 g/mol. The molecule has 1 aromatic carbocycles. The minimum atomic E-state index is 0.